The van der Waals surface area contributed by atoms with Gasteiger partial charge in [0.15, 0.2) is 0 Å². The smallest absolute Gasteiger partial charge is 0.329 e. The number of para-hydroxylation sites is 2. The predicted molar refractivity (Wildman–Crippen MR) is 121 cm³/mol. The first kappa shape index (κ1) is 23.8. The zero-order valence-corrected chi connectivity index (χ0v) is 19.2. The minimum Gasteiger partial charge on any atom is -0.460 e. The van der Waals surface area contributed by atoms with Gasteiger partial charge in [-0.15, -0.1) is 0 Å². The first-order chi connectivity index (χ1) is 15.2. The van der Waals surface area contributed by atoms with Crippen LogP contribution in [0.4, 0.5) is 0 Å². The lowest BCUT2D eigenvalue weighted by Gasteiger charge is -2.21. The van der Waals surface area contributed by atoms with Crippen molar-refractivity contribution in [3.8, 4) is 0 Å². The molecule has 0 radical (unpaired) electrons. The molecule has 1 atom stereocenters. The number of unbranched alkanes of at least 4 members (excludes halogenated alkanes) is 4. The fourth-order valence-corrected chi connectivity index (χ4v) is 4.14. The number of aromatic nitrogens is 2. The van der Waals surface area contributed by atoms with Crippen molar-refractivity contribution >= 4 is 28.8 Å². The zero-order valence-electron chi connectivity index (χ0n) is 19.2. The lowest BCUT2D eigenvalue weighted by atomic mass is 10.1. The van der Waals surface area contributed by atoms with Crippen LogP contribution in [0.15, 0.2) is 29.1 Å². The molecule has 8 nitrogen and oxygen atoms in total. The summed E-state index contributed by atoms with van der Waals surface area (Å²) in [6, 6.07) is 6.79. The summed E-state index contributed by atoms with van der Waals surface area (Å²) >= 11 is 0. The van der Waals surface area contributed by atoms with Crippen LogP contribution in [0.1, 0.15) is 78.2 Å². The average Bonchev–Trinajstić information content (AvgIpc) is 2.98. The van der Waals surface area contributed by atoms with E-state index in [0.717, 1.165) is 37.6 Å². The number of aryl methyl sites for hydroxylation is 1. The van der Waals surface area contributed by atoms with Crippen LogP contribution in [-0.4, -0.2) is 32.5 Å². The largest absolute Gasteiger partial charge is 0.460 e. The first-order valence-electron chi connectivity index (χ1n) is 11.4. The Morgan fingerprint density at radius 3 is 2.38 bits per heavy atom. The SMILES string of the molecule is CC(C)(C)OC(=O)CCCCCCCn1c(=O)n(C2CCC(=O)NC2=O)c2ccccc21. The van der Waals surface area contributed by atoms with Gasteiger partial charge in [-0.25, -0.2) is 4.79 Å². The molecule has 1 fully saturated rings. The van der Waals surface area contributed by atoms with E-state index in [1.54, 1.807) is 4.57 Å². The van der Waals surface area contributed by atoms with Crippen molar-refractivity contribution in [3.05, 3.63) is 34.7 Å². The Labute approximate surface area is 187 Å². The molecule has 1 N–H and O–H groups in total. The fourth-order valence-electron chi connectivity index (χ4n) is 4.14. The van der Waals surface area contributed by atoms with Crippen LogP contribution in [0.2, 0.25) is 0 Å². The van der Waals surface area contributed by atoms with Crippen LogP contribution in [0.3, 0.4) is 0 Å². The summed E-state index contributed by atoms with van der Waals surface area (Å²) in [5.74, 6) is -0.878. The molecule has 1 aromatic carbocycles. The Hall–Kier alpha value is -2.90. The molecular weight excluding hydrogens is 410 g/mol. The number of rotatable bonds is 9. The maximum atomic E-state index is 13.2. The van der Waals surface area contributed by atoms with Crippen LogP contribution in [-0.2, 0) is 25.7 Å². The Bertz CT molecular complexity index is 1040. The van der Waals surface area contributed by atoms with E-state index in [1.165, 1.54) is 4.57 Å². The van der Waals surface area contributed by atoms with Crippen LogP contribution >= 0.6 is 0 Å². The van der Waals surface area contributed by atoms with E-state index in [2.05, 4.69) is 5.32 Å². The Balaban J connectivity index is 1.56. The monoisotopic (exact) mass is 443 g/mol. The molecule has 2 heterocycles. The molecule has 0 saturated carbocycles. The summed E-state index contributed by atoms with van der Waals surface area (Å²) in [6.45, 7) is 6.16. The fraction of sp³-hybridized carbons (Fsp3) is 0.583. The van der Waals surface area contributed by atoms with E-state index in [4.69, 9.17) is 4.74 Å². The van der Waals surface area contributed by atoms with Crippen LogP contribution in [0.25, 0.3) is 11.0 Å². The van der Waals surface area contributed by atoms with Crippen molar-refractivity contribution in [2.24, 2.45) is 0 Å². The van der Waals surface area contributed by atoms with Gasteiger partial charge in [0.25, 0.3) is 0 Å². The number of nitrogens with one attached hydrogen (secondary N) is 1. The lowest BCUT2D eigenvalue weighted by Crippen LogP contribution is -2.44. The molecule has 2 aromatic rings. The number of imidazole rings is 1. The number of carbonyl (C=O) groups excluding carboxylic acids is 3. The normalized spacial score (nSPS) is 16.9. The summed E-state index contributed by atoms with van der Waals surface area (Å²) in [7, 11) is 0. The molecule has 1 aromatic heterocycles. The second kappa shape index (κ2) is 10.1. The summed E-state index contributed by atoms with van der Waals surface area (Å²) in [6.07, 6.45) is 5.46. The van der Waals surface area contributed by atoms with Crippen molar-refractivity contribution in [2.75, 3.05) is 0 Å². The van der Waals surface area contributed by atoms with Crippen LogP contribution in [0, 0.1) is 0 Å². The molecule has 8 heteroatoms. The van der Waals surface area contributed by atoms with E-state index in [9.17, 15) is 19.2 Å². The highest BCUT2D eigenvalue weighted by Gasteiger charge is 2.31. The van der Waals surface area contributed by atoms with Gasteiger partial charge in [0.2, 0.25) is 11.8 Å². The number of fused-ring (bicyclic) bond motifs is 1. The molecule has 3 rings (SSSR count). The second-order valence-corrected chi connectivity index (χ2v) is 9.36. The van der Waals surface area contributed by atoms with E-state index in [-0.39, 0.29) is 24.0 Å². The zero-order chi connectivity index (χ0) is 23.3. The Morgan fingerprint density at radius 1 is 1.03 bits per heavy atom. The maximum Gasteiger partial charge on any atom is 0.329 e. The molecule has 1 aliphatic heterocycles. The number of benzene rings is 1. The summed E-state index contributed by atoms with van der Waals surface area (Å²) < 4.78 is 8.56. The van der Waals surface area contributed by atoms with Gasteiger partial charge in [-0.2, -0.15) is 0 Å². The molecule has 2 amide bonds. The quantitative estimate of drug-likeness (QED) is 0.363. The number of hydrogen-bond donors (Lipinski definition) is 1. The molecule has 32 heavy (non-hydrogen) atoms. The highest BCUT2D eigenvalue weighted by molar-refractivity contribution is 6.00. The number of hydrogen-bond acceptors (Lipinski definition) is 5. The van der Waals surface area contributed by atoms with Gasteiger partial charge >= 0.3 is 11.7 Å². The highest BCUT2D eigenvalue weighted by Crippen LogP contribution is 2.23. The molecule has 0 aliphatic carbocycles. The number of imide groups is 1. The topological polar surface area (TPSA) is 99.4 Å². The van der Waals surface area contributed by atoms with Gasteiger partial charge in [0.1, 0.15) is 11.6 Å². The molecular formula is C24H33N3O5. The van der Waals surface area contributed by atoms with Gasteiger partial charge in [0.05, 0.1) is 11.0 Å². The third-order valence-corrected chi connectivity index (χ3v) is 5.57. The third-order valence-electron chi connectivity index (χ3n) is 5.57. The van der Waals surface area contributed by atoms with Gasteiger partial charge in [-0.3, -0.25) is 28.8 Å². The predicted octanol–water partition coefficient (Wildman–Crippen LogP) is 3.46. The minimum absolute atomic E-state index is 0.162. The molecule has 1 unspecified atom stereocenters. The van der Waals surface area contributed by atoms with Gasteiger partial charge in [-0.1, -0.05) is 31.4 Å². The third kappa shape index (κ3) is 5.87. The van der Waals surface area contributed by atoms with E-state index >= 15 is 0 Å². The number of amides is 2. The summed E-state index contributed by atoms with van der Waals surface area (Å²) in [4.78, 5) is 48.8. The highest BCUT2D eigenvalue weighted by atomic mass is 16.6. The number of carbonyl (C=O) groups is 3. The van der Waals surface area contributed by atoms with E-state index < -0.39 is 17.6 Å². The average molecular weight is 444 g/mol. The molecule has 1 saturated heterocycles. The maximum absolute atomic E-state index is 13.2. The summed E-state index contributed by atoms with van der Waals surface area (Å²) in [5, 5.41) is 2.34. The standard InChI is InChI=1S/C24H33N3O5/c1-24(2,3)32-21(29)13-7-5-4-6-10-16-26-17-11-8-9-12-18(17)27(23(26)31)19-14-15-20(28)25-22(19)30/h8-9,11-12,19H,4-7,10,13-16H2,1-3H3,(H,25,28,30). The Kier molecular flexibility index (Phi) is 7.53. The first-order valence-corrected chi connectivity index (χ1v) is 11.4. The van der Waals surface area contributed by atoms with Gasteiger partial charge < -0.3 is 4.74 Å². The molecule has 1 aliphatic rings. The molecule has 0 spiro atoms. The van der Waals surface area contributed by atoms with Crippen molar-refractivity contribution < 1.29 is 19.1 Å². The van der Waals surface area contributed by atoms with Crippen molar-refractivity contribution in [1.29, 1.82) is 0 Å². The molecule has 0 bridgehead atoms. The lowest BCUT2D eigenvalue weighted by molar-refractivity contribution is -0.155. The van der Waals surface area contributed by atoms with E-state index in [1.807, 2.05) is 45.0 Å². The summed E-state index contributed by atoms with van der Waals surface area (Å²) in [5.41, 5.74) is 0.847. The van der Waals surface area contributed by atoms with Gasteiger partial charge in [0, 0.05) is 19.4 Å². The number of esters is 1. The molecule has 174 valence electrons. The van der Waals surface area contributed by atoms with Crippen molar-refractivity contribution in [3.63, 3.8) is 0 Å². The number of ether oxygens (including phenoxy) is 1. The van der Waals surface area contributed by atoms with Crippen LogP contribution < -0.4 is 11.0 Å². The van der Waals surface area contributed by atoms with Crippen molar-refractivity contribution in [2.45, 2.75) is 90.3 Å². The number of piperidine rings is 1. The van der Waals surface area contributed by atoms with Gasteiger partial charge in [-0.05, 0) is 52.2 Å². The van der Waals surface area contributed by atoms with Crippen molar-refractivity contribution in [1.82, 2.24) is 14.5 Å². The number of nitrogens with zero attached hydrogens (tertiary/aromatic N) is 2. The Morgan fingerprint density at radius 2 is 1.69 bits per heavy atom. The second-order valence-electron chi connectivity index (χ2n) is 9.36. The van der Waals surface area contributed by atoms with E-state index in [0.29, 0.717) is 24.9 Å². The minimum atomic E-state index is -0.667. The van der Waals surface area contributed by atoms with Crippen LogP contribution in [0.5, 0.6) is 0 Å².